The first-order chi connectivity index (χ1) is 17.1. The molecule has 0 fully saturated rings. The fraction of sp³-hybridized carbons (Fsp3) is 0.0606. The fourth-order valence-electron chi connectivity index (χ4n) is 4.60. The van der Waals surface area contributed by atoms with Crippen molar-refractivity contribution in [3.8, 4) is 22.3 Å². The zero-order chi connectivity index (χ0) is 24.2. The van der Waals surface area contributed by atoms with Crippen LogP contribution in [0.15, 0.2) is 132 Å². The molecule has 35 heavy (non-hydrogen) atoms. The Morgan fingerprint density at radius 2 is 1.06 bits per heavy atom. The number of nitrogens with two attached hydrogens (primary N) is 1. The van der Waals surface area contributed by atoms with Gasteiger partial charge in [0.2, 0.25) is 0 Å². The van der Waals surface area contributed by atoms with Crippen LogP contribution in [0.5, 0.6) is 0 Å². The van der Waals surface area contributed by atoms with Gasteiger partial charge in [-0.3, -0.25) is 0 Å². The molecule has 2 nitrogen and oxygen atoms in total. The fourth-order valence-corrected chi connectivity index (χ4v) is 4.60. The number of fused-ring (bicyclic) bond motifs is 2. The standard InChI is InChI=1S/C33H28N2/c1-23(2)11-10-22-35-33(34)26-20-18-25(19-21-26)32-29-16-8-6-14-27(29)31(24-12-4-3-5-13-24)28-15-7-9-17-30(28)32/h3-22H,1-2H3,(H2,34,35)/b22-10-. The van der Waals surface area contributed by atoms with Crippen molar-refractivity contribution >= 4 is 27.4 Å². The number of hydrogen-bond acceptors (Lipinski definition) is 1. The second-order valence-electron chi connectivity index (χ2n) is 8.88. The summed E-state index contributed by atoms with van der Waals surface area (Å²) < 4.78 is 0. The average molecular weight is 453 g/mol. The molecule has 0 aliphatic heterocycles. The van der Waals surface area contributed by atoms with Crippen molar-refractivity contribution in [2.75, 3.05) is 0 Å². The Bertz CT molecular complexity index is 1530. The highest BCUT2D eigenvalue weighted by atomic mass is 14.8. The van der Waals surface area contributed by atoms with Gasteiger partial charge in [-0.2, -0.15) is 0 Å². The van der Waals surface area contributed by atoms with Crippen LogP contribution < -0.4 is 5.73 Å². The maximum Gasteiger partial charge on any atom is 0.130 e. The van der Waals surface area contributed by atoms with E-state index in [-0.39, 0.29) is 0 Å². The van der Waals surface area contributed by atoms with E-state index < -0.39 is 0 Å². The summed E-state index contributed by atoms with van der Waals surface area (Å²) in [5.41, 5.74) is 13.3. The van der Waals surface area contributed by atoms with Gasteiger partial charge in [0.15, 0.2) is 0 Å². The summed E-state index contributed by atoms with van der Waals surface area (Å²) in [6.45, 7) is 4.10. The predicted octanol–water partition coefficient (Wildman–Crippen LogP) is 8.51. The second-order valence-corrected chi connectivity index (χ2v) is 8.88. The van der Waals surface area contributed by atoms with Gasteiger partial charge in [-0.1, -0.05) is 115 Å². The van der Waals surface area contributed by atoms with Crippen LogP contribution in [-0.4, -0.2) is 5.84 Å². The zero-order valence-corrected chi connectivity index (χ0v) is 20.1. The number of nitrogens with zero attached hydrogens (tertiary/aromatic N) is 1. The smallest absolute Gasteiger partial charge is 0.130 e. The van der Waals surface area contributed by atoms with E-state index in [1.165, 1.54) is 43.8 Å². The Morgan fingerprint density at radius 1 is 0.600 bits per heavy atom. The summed E-state index contributed by atoms with van der Waals surface area (Å²) in [6.07, 6.45) is 5.65. The highest BCUT2D eigenvalue weighted by Crippen LogP contribution is 2.43. The Hall–Kier alpha value is -4.43. The Labute approximate surface area is 206 Å². The van der Waals surface area contributed by atoms with E-state index in [1.54, 1.807) is 6.20 Å². The van der Waals surface area contributed by atoms with Gasteiger partial charge < -0.3 is 5.73 Å². The summed E-state index contributed by atoms with van der Waals surface area (Å²) in [6, 6.07) is 36.4. The van der Waals surface area contributed by atoms with Crippen molar-refractivity contribution in [1.29, 1.82) is 0 Å². The second kappa shape index (κ2) is 9.82. The molecule has 0 aliphatic rings. The number of rotatable bonds is 5. The molecule has 5 rings (SSSR count). The van der Waals surface area contributed by atoms with E-state index in [4.69, 9.17) is 5.73 Å². The molecule has 0 heterocycles. The van der Waals surface area contributed by atoms with Crippen LogP contribution in [0.4, 0.5) is 0 Å². The van der Waals surface area contributed by atoms with E-state index in [9.17, 15) is 0 Å². The summed E-state index contributed by atoms with van der Waals surface area (Å²) in [5, 5.41) is 4.98. The Kier molecular flexibility index (Phi) is 6.28. The van der Waals surface area contributed by atoms with E-state index in [1.807, 2.05) is 12.2 Å². The molecule has 0 saturated heterocycles. The molecule has 2 N–H and O–H groups in total. The summed E-state index contributed by atoms with van der Waals surface area (Å²) in [7, 11) is 0. The van der Waals surface area contributed by atoms with Gasteiger partial charge in [-0.25, -0.2) is 4.99 Å². The van der Waals surface area contributed by atoms with Crippen LogP contribution in [0.25, 0.3) is 43.8 Å². The van der Waals surface area contributed by atoms with Gasteiger partial charge in [0, 0.05) is 11.8 Å². The van der Waals surface area contributed by atoms with Crippen molar-refractivity contribution in [1.82, 2.24) is 0 Å². The lowest BCUT2D eigenvalue weighted by Gasteiger charge is -2.17. The average Bonchev–Trinajstić information content (AvgIpc) is 2.90. The lowest BCUT2D eigenvalue weighted by atomic mass is 9.86. The summed E-state index contributed by atoms with van der Waals surface area (Å²) in [5.74, 6) is 0.504. The normalized spacial score (nSPS) is 11.9. The molecule has 0 atom stereocenters. The Balaban J connectivity index is 1.67. The topological polar surface area (TPSA) is 38.4 Å². The van der Waals surface area contributed by atoms with Crippen LogP contribution in [0.1, 0.15) is 19.4 Å². The van der Waals surface area contributed by atoms with Crippen LogP contribution in [0.3, 0.4) is 0 Å². The van der Waals surface area contributed by atoms with Crippen LogP contribution in [0.2, 0.25) is 0 Å². The molecule has 0 radical (unpaired) electrons. The van der Waals surface area contributed by atoms with Gasteiger partial charge in [0.05, 0.1) is 0 Å². The molecular formula is C33H28N2. The molecule has 5 aromatic rings. The third kappa shape index (κ3) is 4.51. The molecule has 170 valence electrons. The zero-order valence-electron chi connectivity index (χ0n) is 20.1. The molecule has 0 saturated carbocycles. The van der Waals surface area contributed by atoms with E-state index in [2.05, 4.69) is 122 Å². The first kappa shape index (κ1) is 22.4. The van der Waals surface area contributed by atoms with Gasteiger partial charge in [0.1, 0.15) is 5.84 Å². The summed E-state index contributed by atoms with van der Waals surface area (Å²) in [4.78, 5) is 4.38. The highest BCUT2D eigenvalue weighted by molar-refractivity contribution is 6.21. The largest absolute Gasteiger partial charge is 0.383 e. The minimum absolute atomic E-state index is 0.504. The van der Waals surface area contributed by atoms with Gasteiger partial charge in [-0.15, -0.1) is 0 Å². The number of amidine groups is 1. The van der Waals surface area contributed by atoms with Crippen molar-refractivity contribution in [2.24, 2.45) is 10.7 Å². The van der Waals surface area contributed by atoms with Crippen LogP contribution >= 0.6 is 0 Å². The van der Waals surface area contributed by atoms with Crippen LogP contribution in [0, 0.1) is 0 Å². The lowest BCUT2D eigenvalue weighted by molar-refractivity contribution is 1.38. The van der Waals surface area contributed by atoms with E-state index >= 15 is 0 Å². The maximum absolute atomic E-state index is 6.24. The third-order valence-electron chi connectivity index (χ3n) is 6.19. The number of aliphatic imine (C=N–C) groups is 1. The van der Waals surface area contributed by atoms with Crippen molar-refractivity contribution in [3.63, 3.8) is 0 Å². The van der Waals surface area contributed by atoms with Crippen molar-refractivity contribution in [2.45, 2.75) is 13.8 Å². The minimum atomic E-state index is 0.504. The quantitative estimate of drug-likeness (QED) is 0.123. The number of benzene rings is 5. The number of hydrogen-bond donors (Lipinski definition) is 1. The van der Waals surface area contributed by atoms with Gasteiger partial charge >= 0.3 is 0 Å². The summed E-state index contributed by atoms with van der Waals surface area (Å²) >= 11 is 0. The highest BCUT2D eigenvalue weighted by Gasteiger charge is 2.16. The number of allylic oxidation sites excluding steroid dienone is 3. The molecule has 0 unspecified atom stereocenters. The third-order valence-corrected chi connectivity index (χ3v) is 6.19. The molecule has 0 amide bonds. The molecule has 2 heteroatoms. The molecule has 0 bridgehead atoms. The minimum Gasteiger partial charge on any atom is -0.383 e. The first-order valence-electron chi connectivity index (χ1n) is 11.9. The van der Waals surface area contributed by atoms with Crippen molar-refractivity contribution < 1.29 is 0 Å². The molecule has 0 aromatic heterocycles. The molecular weight excluding hydrogens is 424 g/mol. The van der Waals surface area contributed by atoms with E-state index in [0.717, 1.165) is 11.1 Å². The SMILES string of the molecule is CC(C)=C/C=C\N=C(/N)c1ccc(-c2c3ccccc3c(-c3ccccc3)c3ccccc23)cc1. The van der Waals surface area contributed by atoms with Crippen molar-refractivity contribution in [3.05, 3.63) is 133 Å². The van der Waals surface area contributed by atoms with Crippen LogP contribution in [-0.2, 0) is 0 Å². The lowest BCUT2D eigenvalue weighted by Crippen LogP contribution is -2.12. The predicted molar refractivity (Wildman–Crippen MR) is 152 cm³/mol. The Morgan fingerprint density at radius 3 is 1.54 bits per heavy atom. The first-order valence-corrected chi connectivity index (χ1v) is 11.9. The monoisotopic (exact) mass is 452 g/mol. The van der Waals surface area contributed by atoms with E-state index in [0.29, 0.717) is 5.84 Å². The van der Waals surface area contributed by atoms with Gasteiger partial charge in [-0.05, 0) is 63.7 Å². The maximum atomic E-state index is 6.24. The molecule has 0 aliphatic carbocycles. The van der Waals surface area contributed by atoms with Gasteiger partial charge in [0.25, 0.3) is 0 Å². The molecule has 5 aromatic carbocycles. The molecule has 0 spiro atoms.